The molecule has 0 aliphatic rings. The lowest BCUT2D eigenvalue weighted by molar-refractivity contribution is -0.136. The molecular formula is C19H16O5. The highest BCUT2D eigenvalue weighted by Gasteiger charge is 2.14. The molecule has 122 valence electrons. The molecule has 3 aromatic rings. The van der Waals surface area contributed by atoms with Gasteiger partial charge in [-0.2, -0.15) is 0 Å². The predicted molar refractivity (Wildman–Crippen MR) is 89.3 cm³/mol. The molecule has 0 spiro atoms. The highest BCUT2D eigenvalue weighted by atomic mass is 16.5. The summed E-state index contributed by atoms with van der Waals surface area (Å²) in [6.45, 7) is 2.13. The minimum atomic E-state index is -1.06. The van der Waals surface area contributed by atoms with E-state index in [2.05, 4.69) is 0 Å². The monoisotopic (exact) mass is 324 g/mol. The fourth-order valence-electron chi connectivity index (χ4n) is 2.56. The zero-order valence-corrected chi connectivity index (χ0v) is 13.1. The van der Waals surface area contributed by atoms with E-state index in [4.69, 9.17) is 14.3 Å². The van der Waals surface area contributed by atoms with Crippen LogP contribution >= 0.6 is 0 Å². The summed E-state index contributed by atoms with van der Waals surface area (Å²) in [5, 5.41) is 9.62. The normalized spacial score (nSPS) is 10.7. The number of carboxylic acid groups (broad SMARTS) is 1. The third-order valence-electron chi connectivity index (χ3n) is 3.84. The molecule has 0 atom stereocenters. The maximum absolute atomic E-state index is 12.0. The topological polar surface area (TPSA) is 76.7 Å². The average Bonchev–Trinajstić information content (AvgIpc) is 2.57. The number of carbonyl (C=O) groups is 1. The average molecular weight is 324 g/mol. The summed E-state index contributed by atoms with van der Waals surface area (Å²) in [5.74, 6) is -0.479. The summed E-state index contributed by atoms with van der Waals surface area (Å²) in [7, 11) is 0. The van der Waals surface area contributed by atoms with Crippen molar-refractivity contribution in [2.24, 2.45) is 0 Å². The van der Waals surface area contributed by atoms with Gasteiger partial charge in [0.15, 0.2) is 0 Å². The maximum atomic E-state index is 12.0. The molecule has 0 saturated carbocycles. The van der Waals surface area contributed by atoms with Crippen molar-refractivity contribution in [1.29, 1.82) is 0 Å². The Hall–Kier alpha value is -3.08. The lowest BCUT2D eigenvalue weighted by atomic mass is 10.0. The van der Waals surface area contributed by atoms with E-state index < -0.39 is 11.6 Å². The van der Waals surface area contributed by atoms with E-state index in [9.17, 15) is 9.59 Å². The van der Waals surface area contributed by atoms with E-state index in [0.29, 0.717) is 28.9 Å². The van der Waals surface area contributed by atoms with Crippen LogP contribution < -0.4 is 10.4 Å². The number of hydrogen-bond donors (Lipinski definition) is 1. The van der Waals surface area contributed by atoms with Crippen molar-refractivity contribution in [1.82, 2.24) is 0 Å². The van der Waals surface area contributed by atoms with Crippen LogP contribution in [0, 0.1) is 6.92 Å². The van der Waals surface area contributed by atoms with Gasteiger partial charge in [-0.15, -0.1) is 0 Å². The van der Waals surface area contributed by atoms with Crippen molar-refractivity contribution in [3.8, 4) is 5.75 Å². The Labute approximate surface area is 138 Å². The van der Waals surface area contributed by atoms with Crippen LogP contribution in [0.5, 0.6) is 5.75 Å². The number of aryl methyl sites for hydroxylation is 1. The quantitative estimate of drug-likeness (QED) is 0.729. The maximum Gasteiger partial charge on any atom is 0.340 e. The summed E-state index contributed by atoms with van der Waals surface area (Å²) in [4.78, 5) is 22.9. The molecule has 2 aromatic carbocycles. The second kappa shape index (κ2) is 6.58. The predicted octanol–water partition coefficient (Wildman–Crippen LogP) is 3.31. The van der Waals surface area contributed by atoms with Crippen molar-refractivity contribution >= 4 is 16.9 Å². The van der Waals surface area contributed by atoms with Gasteiger partial charge in [-0.25, -0.2) is 4.79 Å². The van der Waals surface area contributed by atoms with Crippen molar-refractivity contribution < 1.29 is 19.1 Å². The Morgan fingerprint density at radius 2 is 1.92 bits per heavy atom. The van der Waals surface area contributed by atoms with Gasteiger partial charge in [-0.3, -0.25) is 4.79 Å². The molecule has 0 amide bonds. The van der Waals surface area contributed by atoms with Gasteiger partial charge in [0.05, 0.1) is 12.0 Å². The zero-order chi connectivity index (χ0) is 17.1. The zero-order valence-electron chi connectivity index (χ0n) is 13.1. The van der Waals surface area contributed by atoms with Crippen LogP contribution in [-0.4, -0.2) is 11.1 Å². The van der Waals surface area contributed by atoms with Gasteiger partial charge in [0.25, 0.3) is 0 Å². The third kappa shape index (κ3) is 3.30. The molecule has 24 heavy (non-hydrogen) atoms. The Morgan fingerprint density at radius 1 is 1.17 bits per heavy atom. The number of ether oxygens (including phenoxy) is 1. The fraction of sp³-hybridized carbons (Fsp3) is 0.158. The number of rotatable bonds is 5. The standard InChI is InChI=1S/C19H16O5/c1-12-15-8-7-14(23-11-13-5-3-2-4-6-13)9-17(15)24-19(22)16(12)10-18(20)21/h2-9H,10-11H2,1H3,(H,20,21). The first-order valence-corrected chi connectivity index (χ1v) is 7.49. The lowest BCUT2D eigenvalue weighted by Crippen LogP contribution is -2.14. The lowest BCUT2D eigenvalue weighted by Gasteiger charge is -2.09. The third-order valence-corrected chi connectivity index (χ3v) is 3.84. The molecule has 5 nitrogen and oxygen atoms in total. The molecule has 1 N–H and O–H groups in total. The Bertz CT molecular complexity index is 941. The number of fused-ring (bicyclic) bond motifs is 1. The van der Waals surface area contributed by atoms with Crippen molar-refractivity contribution in [2.75, 3.05) is 0 Å². The first-order valence-electron chi connectivity index (χ1n) is 7.49. The van der Waals surface area contributed by atoms with Crippen LogP contribution in [0.15, 0.2) is 57.7 Å². The Balaban J connectivity index is 1.91. The molecule has 0 unspecified atom stereocenters. The first-order chi connectivity index (χ1) is 11.5. The van der Waals surface area contributed by atoms with E-state index in [1.165, 1.54) is 0 Å². The molecule has 5 heteroatoms. The van der Waals surface area contributed by atoms with E-state index >= 15 is 0 Å². The largest absolute Gasteiger partial charge is 0.489 e. The van der Waals surface area contributed by atoms with Crippen molar-refractivity contribution in [3.63, 3.8) is 0 Å². The molecule has 0 bridgehead atoms. The second-order valence-corrected chi connectivity index (χ2v) is 5.50. The highest BCUT2D eigenvalue weighted by Crippen LogP contribution is 2.25. The van der Waals surface area contributed by atoms with Gasteiger partial charge in [0.2, 0.25) is 0 Å². The molecule has 3 rings (SSSR count). The Morgan fingerprint density at radius 3 is 2.62 bits per heavy atom. The van der Waals surface area contributed by atoms with E-state index in [1.807, 2.05) is 30.3 Å². The molecule has 0 saturated heterocycles. The molecule has 0 aliphatic carbocycles. The number of hydrogen-bond acceptors (Lipinski definition) is 4. The summed E-state index contributed by atoms with van der Waals surface area (Å²) in [5.41, 5.74) is 1.60. The molecule has 1 aromatic heterocycles. The fourth-order valence-corrected chi connectivity index (χ4v) is 2.56. The summed E-state index contributed by atoms with van der Waals surface area (Å²) >= 11 is 0. The van der Waals surface area contributed by atoms with E-state index in [-0.39, 0.29) is 12.0 Å². The smallest absolute Gasteiger partial charge is 0.340 e. The summed E-state index contributed by atoms with van der Waals surface area (Å²) in [6.07, 6.45) is -0.351. The van der Waals surface area contributed by atoms with E-state index in [0.717, 1.165) is 5.56 Å². The van der Waals surface area contributed by atoms with Gasteiger partial charge in [-0.05, 0) is 30.2 Å². The van der Waals surface area contributed by atoms with Crippen LogP contribution in [-0.2, 0) is 17.8 Å². The van der Waals surface area contributed by atoms with E-state index in [1.54, 1.807) is 25.1 Å². The molecular weight excluding hydrogens is 308 g/mol. The molecule has 1 heterocycles. The van der Waals surface area contributed by atoms with Crippen LogP contribution in [0.3, 0.4) is 0 Å². The van der Waals surface area contributed by atoms with Crippen molar-refractivity contribution in [3.05, 3.63) is 75.6 Å². The molecule has 0 fully saturated rings. The molecule has 0 aliphatic heterocycles. The van der Waals surface area contributed by atoms with Gasteiger partial charge >= 0.3 is 11.6 Å². The SMILES string of the molecule is Cc1c(CC(=O)O)c(=O)oc2cc(OCc3ccccc3)ccc12. The van der Waals surface area contributed by atoms with Crippen LogP contribution in [0.4, 0.5) is 0 Å². The van der Waals surface area contributed by atoms with Crippen LogP contribution in [0.25, 0.3) is 11.0 Å². The first kappa shape index (κ1) is 15.8. The molecule has 0 radical (unpaired) electrons. The number of carboxylic acids is 1. The van der Waals surface area contributed by atoms with Gasteiger partial charge in [-0.1, -0.05) is 30.3 Å². The second-order valence-electron chi connectivity index (χ2n) is 5.50. The Kier molecular flexibility index (Phi) is 4.33. The summed E-state index contributed by atoms with van der Waals surface area (Å²) in [6, 6.07) is 14.9. The summed E-state index contributed by atoms with van der Waals surface area (Å²) < 4.78 is 11.0. The number of benzene rings is 2. The minimum absolute atomic E-state index is 0.174. The van der Waals surface area contributed by atoms with Gasteiger partial charge < -0.3 is 14.3 Å². The number of aliphatic carboxylic acids is 1. The minimum Gasteiger partial charge on any atom is -0.489 e. The van der Waals surface area contributed by atoms with Gasteiger partial charge in [0, 0.05) is 11.5 Å². The van der Waals surface area contributed by atoms with Crippen molar-refractivity contribution in [2.45, 2.75) is 20.0 Å². The van der Waals surface area contributed by atoms with Crippen LogP contribution in [0.1, 0.15) is 16.7 Å². The van der Waals surface area contributed by atoms with Crippen LogP contribution in [0.2, 0.25) is 0 Å². The highest BCUT2D eigenvalue weighted by molar-refractivity contribution is 5.83. The van der Waals surface area contributed by atoms with Gasteiger partial charge in [0.1, 0.15) is 17.9 Å².